The lowest BCUT2D eigenvalue weighted by Crippen LogP contribution is -2.31. The van der Waals surface area contributed by atoms with E-state index in [-0.39, 0.29) is 5.41 Å². The molecule has 1 heterocycles. The zero-order valence-electron chi connectivity index (χ0n) is 11.5. The third-order valence-electron chi connectivity index (χ3n) is 3.60. The van der Waals surface area contributed by atoms with Crippen molar-refractivity contribution in [2.45, 2.75) is 13.8 Å². The van der Waals surface area contributed by atoms with Gasteiger partial charge >= 0.3 is 0 Å². The summed E-state index contributed by atoms with van der Waals surface area (Å²) in [5.41, 5.74) is 3.95. The Bertz CT molecular complexity index is 683. The fraction of sp³-hybridized carbons (Fsp3) is 0.176. The molecule has 0 saturated heterocycles. The summed E-state index contributed by atoms with van der Waals surface area (Å²) in [6.07, 6.45) is 0. The predicted octanol–water partition coefficient (Wildman–Crippen LogP) is 4.57. The van der Waals surface area contributed by atoms with Crippen LogP contribution in [0.1, 0.15) is 25.0 Å². The highest BCUT2D eigenvalue weighted by molar-refractivity contribution is 6.31. The van der Waals surface area contributed by atoms with Crippen molar-refractivity contribution in [3.05, 3.63) is 70.7 Å². The molecule has 0 radical (unpaired) electrons. The van der Waals surface area contributed by atoms with Gasteiger partial charge in [0.05, 0.1) is 16.8 Å². The van der Waals surface area contributed by atoms with E-state index in [0.29, 0.717) is 0 Å². The van der Waals surface area contributed by atoms with Crippen LogP contribution in [0.4, 0.5) is 0 Å². The number of hydrogen-bond donors (Lipinski definition) is 0. The maximum Gasteiger partial charge on any atom is 0.0819 e. The molecule has 0 atom stereocenters. The molecule has 0 saturated carbocycles. The highest BCUT2D eigenvalue weighted by Crippen LogP contribution is 2.33. The average Bonchev–Trinajstić information content (AvgIpc) is 2.76. The summed E-state index contributed by atoms with van der Waals surface area (Å²) < 4.78 is 0. The highest BCUT2D eigenvalue weighted by atomic mass is 35.5. The topological polar surface area (TPSA) is 24.7 Å². The van der Waals surface area contributed by atoms with E-state index < -0.39 is 0 Å². The van der Waals surface area contributed by atoms with Crippen molar-refractivity contribution in [3.8, 4) is 0 Å². The number of nitrogens with zero attached hydrogens (tertiary/aromatic N) is 2. The van der Waals surface area contributed by atoms with Crippen molar-refractivity contribution in [2.75, 3.05) is 0 Å². The van der Waals surface area contributed by atoms with Crippen LogP contribution in [0.25, 0.3) is 0 Å². The molecule has 3 rings (SSSR count). The minimum atomic E-state index is -0.213. The van der Waals surface area contributed by atoms with Crippen molar-refractivity contribution in [2.24, 2.45) is 15.6 Å². The van der Waals surface area contributed by atoms with E-state index in [0.717, 1.165) is 27.6 Å². The van der Waals surface area contributed by atoms with E-state index in [2.05, 4.69) is 36.2 Å². The van der Waals surface area contributed by atoms with Crippen LogP contribution in [0.3, 0.4) is 0 Å². The van der Waals surface area contributed by atoms with Crippen LogP contribution >= 0.6 is 11.6 Å². The van der Waals surface area contributed by atoms with Gasteiger partial charge in [0.1, 0.15) is 0 Å². The Hall–Kier alpha value is -1.93. The lowest BCUT2D eigenvalue weighted by molar-refractivity contribution is 0.745. The molecule has 2 nitrogen and oxygen atoms in total. The second-order valence-corrected chi connectivity index (χ2v) is 5.83. The first-order valence-corrected chi connectivity index (χ1v) is 6.95. The van der Waals surface area contributed by atoms with Gasteiger partial charge in [-0.05, 0) is 37.1 Å². The molecule has 3 heteroatoms. The van der Waals surface area contributed by atoms with Gasteiger partial charge in [-0.25, -0.2) is 0 Å². The fourth-order valence-corrected chi connectivity index (χ4v) is 2.63. The van der Waals surface area contributed by atoms with Gasteiger partial charge in [-0.2, -0.15) is 10.2 Å². The van der Waals surface area contributed by atoms with Crippen molar-refractivity contribution < 1.29 is 0 Å². The molecule has 0 aromatic heterocycles. The number of benzene rings is 2. The Labute approximate surface area is 123 Å². The van der Waals surface area contributed by atoms with Crippen molar-refractivity contribution in [1.82, 2.24) is 0 Å². The molecule has 2 aromatic carbocycles. The minimum absolute atomic E-state index is 0.213. The molecule has 0 aliphatic carbocycles. The van der Waals surface area contributed by atoms with Crippen LogP contribution in [-0.4, -0.2) is 11.4 Å². The number of rotatable bonds is 2. The van der Waals surface area contributed by atoms with Gasteiger partial charge in [-0.15, -0.1) is 0 Å². The molecule has 1 aliphatic rings. The third kappa shape index (κ3) is 2.16. The van der Waals surface area contributed by atoms with Crippen LogP contribution in [0.2, 0.25) is 5.02 Å². The largest absolute Gasteiger partial charge is 0.154 e. The Kier molecular flexibility index (Phi) is 3.19. The first-order chi connectivity index (χ1) is 9.59. The first-order valence-electron chi connectivity index (χ1n) is 6.57. The summed E-state index contributed by atoms with van der Waals surface area (Å²) >= 11 is 5.95. The summed E-state index contributed by atoms with van der Waals surface area (Å²) in [4.78, 5) is 0. The molecule has 1 aliphatic heterocycles. The molecule has 20 heavy (non-hydrogen) atoms. The summed E-state index contributed by atoms with van der Waals surface area (Å²) in [6, 6.07) is 17.9. The Morgan fingerprint density at radius 2 is 1.25 bits per heavy atom. The third-order valence-corrected chi connectivity index (χ3v) is 3.85. The monoisotopic (exact) mass is 282 g/mol. The van der Waals surface area contributed by atoms with E-state index in [1.54, 1.807) is 0 Å². The molecule has 100 valence electrons. The standard InChI is InChI=1S/C17H15ClN2/c1-17(2)15(12-6-4-3-5-7-12)19-20-16(17)13-8-10-14(18)11-9-13/h3-11H,1-2H3. The quantitative estimate of drug-likeness (QED) is 0.771. The van der Waals surface area contributed by atoms with Crippen molar-refractivity contribution in [1.29, 1.82) is 0 Å². The van der Waals surface area contributed by atoms with Gasteiger partial charge in [-0.3, -0.25) is 0 Å². The van der Waals surface area contributed by atoms with Crippen LogP contribution in [0, 0.1) is 5.41 Å². The Balaban J connectivity index is 1.97. The second kappa shape index (κ2) is 4.88. The van der Waals surface area contributed by atoms with Crippen LogP contribution < -0.4 is 0 Å². The molecule has 0 amide bonds. The van der Waals surface area contributed by atoms with Gasteiger partial charge in [0.2, 0.25) is 0 Å². The number of hydrogen-bond acceptors (Lipinski definition) is 2. The molecule has 0 unspecified atom stereocenters. The lowest BCUT2D eigenvalue weighted by Gasteiger charge is -2.23. The molecular weight excluding hydrogens is 268 g/mol. The Morgan fingerprint density at radius 3 is 1.80 bits per heavy atom. The zero-order valence-corrected chi connectivity index (χ0v) is 12.2. The van der Waals surface area contributed by atoms with Gasteiger partial charge < -0.3 is 0 Å². The zero-order chi connectivity index (χ0) is 14.2. The molecule has 0 fully saturated rings. The fourth-order valence-electron chi connectivity index (χ4n) is 2.50. The SMILES string of the molecule is CC1(C)C(c2ccccc2)=NN=C1c1ccc(Cl)cc1. The molecule has 2 aromatic rings. The summed E-state index contributed by atoms with van der Waals surface area (Å²) in [5, 5.41) is 9.55. The summed E-state index contributed by atoms with van der Waals surface area (Å²) in [7, 11) is 0. The summed E-state index contributed by atoms with van der Waals surface area (Å²) in [5.74, 6) is 0. The maximum atomic E-state index is 5.95. The minimum Gasteiger partial charge on any atom is -0.154 e. The van der Waals surface area contributed by atoms with Gasteiger partial charge in [0.15, 0.2) is 0 Å². The van der Waals surface area contributed by atoms with Gasteiger partial charge in [-0.1, -0.05) is 54.1 Å². The lowest BCUT2D eigenvalue weighted by atomic mass is 9.77. The van der Waals surface area contributed by atoms with E-state index in [4.69, 9.17) is 11.6 Å². The smallest absolute Gasteiger partial charge is 0.0819 e. The van der Waals surface area contributed by atoms with Crippen LogP contribution in [-0.2, 0) is 0 Å². The Morgan fingerprint density at radius 1 is 0.750 bits per heavy atom. The van der Waals surface area contributed by atoms with Crippen LogP contribution in [0.5, 0.6) is 0 Å². The normalized spacial score (nSPS) is 16.8. The molecule has 0 spiro atoms. The van der Waals surface area contributed by atoms with E-state index in [1.165, 1.54) is 0 Å². The molecule has 0 bridgehead atoms. The van der Waals surface area contributed by atoms with E-state index >= 15 is 0 Å². The molecule has 0 N–H and O–H groups in total. The van der Waals surface area contributed by atoms with Crippen molar-refractivity contribution in [3.63, 3.8) is 0 Å². The first kappa shape index (κ1) is 13.1. The second-order valence-electron chi connectivity index (χ2n) is 5.40. The number of halogens is 1. The molecular formula is C17H15ClN2. The maximum absolute atomic E-state index is 5.95. The summed E-state index contributed by atoms with van der Waals surface area (Å²) in [6.45, 7) is 4.30. The van der Waals surface area contributed by atoms with Gasteiger partial charge in [0, 0.05) is 5.02 Å². The highest BCUT2D eigenvalue weighted by Gasteiger charge is 2.37. The predicted molar refractivity (Wildman–Crippen MR) is 84.7 cm³/mol. The average molecular weight is 283 g/mol. The van der Waals surface area contributed by atoms with E-state index in [1.807, 2.05) is 42.5 Å². The van der Waals surface area contributed by atoms with Gasteiger partial charge in [0.25, 0.3) is 0 Å². The van der Waals surface area contributed by atoms with E-state index in [9.17, 15) is 0 Å². The van der Waals surface area contributed by atoms with Crippen molar-refractivity contribution >= 4 is 23.0 Å². The van der Waals surface area contributed by atoms with Crippen LogP contribution in [0.15, 0.2) is 64.8 Å².